The van der Waals surface area contributed by atoms with Crippen LogP contribution in [0.3, 0.4) is 0 Å². The standard InChI is InChI=1S/C12H12N4O5/c1-7-3-4-8(16(19)20)5-9(7)15-10(6-21-2)11(12(17)18)13-14-15/h3-5H,6H2,1-2H3,(H,17,18). The highest BCUT2D eigenvalue weighted by molar-refractivity contribution is 5.86. The number of non-ortho nitro benzene ring substituents is 1. The maximum absolute atomic E-state index is 11.1. The second-order valence-corrected chi connectivity index (χ2v) is 4.26. The molecule has 1 aromatic heterocycles. The fraction of sp³-hybridized carbons (Fsp3) is 0.250. The minimum Gasteiger partial charge on any atom is -0.476 e. The zero-order valence-corrected chi connectivity index (χ0v) is 11.3. The van der Waals surface area contributed by atoms with Crippen LogP contribution in [-0.4, -0.2) is 38.1 Å². The van der Waals surface area contributed by atoms with Gasteiger partial charge in [0, 0.05) is 19.2 Å². The maximum Gasteiger partial charge on any atom is 0.358 e. The predicted octanol–water partition coefficient (Wildman–Crippen LogP) is 1.33. The number of nitro benzene ring substituents is 1. The Kier molecular flexibility index (Phi) is 3.94. The summed E-state index contributed by atoms with van der Waals surface area (Å²) in [5.41, 5.74) is 0.929. The van der Waals surface area contributed by atoms with Gasteiger partial charge >= 0.3 is 5.97 Å². The minimum absolute atomic E-state index is 0.0310. The van der Waals surface area contributed by atoms with E-state index in [1.165, 1.54) is 23.9 Å². The number of carboxylic acid groups (broad SMARTS) is 1. The lowest BCUT2D eigenvalue weighted by Crippen LogP contribution is -2.09. The highest BCUT2D eigenvalue weighted by Crippen LogP contribution is 2.22. The fourth-order valence-electron chi connectivity index (χ4n) is 1.87. The molecule has 0 bridgehead atoms. The number of aromatic carboxylic acids is 1. The number of nitrogens with zero attached hydrogens (tertiary/aromatic N) is 4. The molecule has 0 atom stereocenters. The van der Waals surface area contributed by atoms with Crippen LogP contribution in [0.4, 0.5) is 5.69 Å². The largest absolute Gasteiger partial charge is 0.476 e. The number of carboxylic acids is 1. The van der Waals surface area contributed by atoms with Gasteiger partial charge in [-0.2, -0.15) is 0 Å². The van der Waals surface area contributed by atoms with Crippen LogP contribution in [0.15, 0.2) is 18.2 Å². The van der Waals surface area contributed by atoms with Gasteiger partial charge in [-0.3, -0.25) is 10.1 Å². The van der Waals surface area contributed by atoms with E-state index in [9.17, 15) is 14.9 Å². The molecule has 0 radical (unpaired) electrons. The number of hydrogen-bond donors (Lipinski definition) is 1. The van der Waals surface area contributed by atoms with Gasteiger partial charge < -0.3 is 9.84 Å². The van der Waals surface area contributed by atoms with Crippen molar-refractivity contribution in [3.63, 3.8) is 0 Å². The number of rotatable bonds is 5. The first kappa shape index (κ1) is 14.6. The Hall–Kier alpha value is -2.81. The first-order valence-corrected chi connectivity index (χ1v) is 5.88. The zero-order valence-electron chi connectivity index (χ0n) is 11.3. The van der Waals surface area contributed by atoms with E-state index in [2.05, 4.69) is 10.3 Å². The van der Waals surface area contributed by atoms with E-state index >= 15 is 0 Å². The Labute approximate surface area is 118 Å². The lowest BCUT2D eigenvalue weighted by molar-refractivity contribution is -0.384. The van der Waals surface area contributed by atoms with Crippen LogP contribution in [0.2, 0.25) is 0 Å². The van der Waals surface area contributed by atoms with Gasteiger partial charge in [-0.15, -0.1) is 5.10 Å². The van der Waals surface area contributed by atoms with Crippen LogP contribution in [0.1, 0.15) is 21.7 Å². The van der Waals surface area contributed by atoms with Gasteiger partial charge in [0.2, 0.25) is 0 Å². The number of aryl methyl sites for hydroxylation is 1. The van der Waals surface area contributed by atoms with E-state index in [1.54, 1.807) is 13.0 Å². The second-order valence-electron chi connectivity index (χ2n) is 4.26. The molecule has 0 fully saturated rings. The van der Waals surface area contributed by atoms with Crippen LogP contribution in [0.25, 0.3) is 5.69 Å². The van der Waals surface area contributed by atoms with E-state index in [0.717, 1.165) is 0 Å². The van der Waals surface area contributed by atoms with Gasteiger partial charge in [0.05, 0.1) is 17.2 Å². The number of aromatic nitrogens is 3. The van der Waals surface area contributed by atoms with Crippen LogP contribution in [0, 0.1) is 17.0 Å². The number of nitro groups is 1. The number of ether oxygens (including phenoxy) is 1. The van der Waals surface area contributed by atoms with Crippen molar-refractivity contribution in [2.45, 2.75) is 13.5 Å². The summed E-state index contributed by atoms with van der Waals surface area (Å²) in [6.07, 6.45) is 0. The highest BCUT2D eigenvalue weighted by atomic mass is 16.6. The van der Waals surface area contributed by atoms with Crippen molar-refractivity contribution < 1.29 is 19.6 Å². The van der Waals surface area contributed by atoms with Gasteiger partial charge in [-0.1, -0.05) is 11.3 Å². The molecule has 0 aliphatic carbocycles. The third-order valence-electron chi connectivity index (χ3n) is 2.88. The number of carbonyl (C=O) groups is 1. The van der Waals surface area contributed by atoms with Crippen molar-refractivity contribution in [3.05, 3.63) is 45.3 Å². The van der Waals surface area contributed by atoms with Crippen LogP contribution < -0.4 is 0 Å². The molecule has 2 aromatic rings. The normalized spacial score (nSPS) is 10.6. The predicted molar refractivity (Wildman–Crippen MR) is 70.4 cm³/mol. The van der Waals surface area contributed by atoms with E-state index in [-0.39, 0.29) is 23.7 Å². The molecule has 9 heteroatoms. The molecular weight excluding hydrogens is 280 g/mol. The molecule has 0 unspecified atom stereocenters. The first-order valence-electron chi connectivity index (χ1n) is 5.88. The van der Waals surface area contributed by atoms with Crippen molar-refractivity contribution in [1.82, 2.24) is 15.0 Å². The topological polar surface area (TPSA) is 120 Å². The molecule has 0 saturated carbocycles. The molecule has 0 saturated heterocycles. The van der Waals surface area contributed by atoms with E-state index in [0.29, 0.717) is 11.3 Å². The molecule has 1 heterocycles. The molecule has 0 aliphatic heterocycles. The average molecular weight is 292 g/mol. The Morgan fingerprint density at radius 3 is 2.81 bits per heavy atom. The first-order chi connectivity index (χ1) is 9.95. The molecule has 0 aliphatic rings. The molecular formula is C12H12N4O5. The third kappa shape index (κ3) is 2.72. The van der Waals surface area contributed by atoms with E-state index in [1.807, 2.05) is 0 Å². The summed E-state index contributed by atoms with van der Waals surface area (Å²) >= 11 is 0. The quantitative estimate of drug-likeness (QED) is 0.651. The third-order valence-corrected chi connectivity index (χ3v) is 2.88. The summed E-state index contributed by atoms with van der Waals surface area (Å²) in [6, 6.07) is 4.24. The number of benzene rings is 1. The Morgan fingerprint density at radius 2 is 2.24 bits per heavy atom. The van der Waals surface area contributed by atoms with Crippen molar-refractivity contribution in [1.29, 1.82) is 0 Å². The summed E-state index contributed by atoms with van der Waals surface area (Å²) in [6.45, 7) is 1.70. The Morgan fingerprint density at radius 1 is 1.52 bits per heavy atom. The van der Waals surface area contributed by atoms with Crippen molar-refractivity contribution >= 4 is 11.7 Å². The molecule has 9 nitrogen and oxygen atoms in total. The van der Waals surface area contributed by atoms with Gasteiger partial charge in [-0.25, -0.2) is 9.48 Å². The van der Waals surface area contributed by atoms with Gasteiger partial charge in [0.25, 0.3) is 5.69 Å². The van der Waals surface area contributed by atoms with Crippen molar-refractivity contribution in [2.75, 3.05) is 7.11 Å². The van der Waals surface area contributed by atoms with E-state index < -0.39 is 10.9 Å². The van der Waals surface area contributed by atoms with Gasteiger partial charge in [0.1, 0.15) is 5.69 Å². The SMILES string of the molecule is COCc1c(C(=O)O)nnn1-c1cc([N+](=O)[O-])ccc1C. The van der Waals surface area contributed by atoms with Crippen LogP contribution in [-0.2, 0) is 11.3 Å². The summed E-state index contributed by atoms with van der Waals surface area (Å²) in [5.74, 6) is -1.24. The molecule has 2 rings (SSSR count). The fourth-order valence-corrected chi connectivity index (χ4v) is 1.87. The van der Waals surface area contributed by atoms with E-state index in [4.69, 9.17) is 9.84 Å². The Balaban J connectivity index is 2.63. The number of methoxy groups -OCH3 is 1. The van der Waals surface area contributed by atoms with Gasteiger partial charge in [0.15, 0.2) is 5.69 Å². The lowest BCUT2D eigenvalue weighted by atomic mass is 10.1. The molecule has 0 spiro atoms. The maximum atomic E-state index is 11.1. The molecule has 0 amide bonds. The summed E-state index contributed by atoms with van der Waals surface area (Å²) in [7, 11) is 1.41. The monoisotopic (exact) mass is 292 g/mol. The zero-order chi connectivity index (χ0) is 15.6. The van der Waals surface area contributed by atoms with Gasteiger partial charge in [-0.05, 0) is 12.5 Å². The smallest absolute Gasteiger partial charge is 0.358 e. The molecule has 1 aromatic carbocycles. The number of hydrogen-bond acceptors (Lipinski definition) is 6. The second kappa shape index (κ2) is 5.67. The molecule has 110 valence electrons. The average Bonchev–Trinajstić information content (AvgIpc) is 2.83. The molecule has 21 heavy (non-hydrogen) atoms. The Bertz CT molecular complexity index is 710. The highest BCUT2D eigenvalue weighted by Gasteiger charge is 2.21. The van der Waals surface area contributed by atoms with Crippen molar-refractivity contribution in [2.24, 2.45) is 0 Å². The van der Waals surface area contributed by atoms with Crippen LogP contribution in [0.5, 0.6) is 0 Å². The molecule has 1 N–H and O–H groups in total. The summed E-state index contributed by atoms with van der Waals surface area (Å²) < 4.78 is 6.20. The minimum atomic E-state index is -1.24. The summed E-state index contributed by atoms with van der Waals surface area (Å²) in [4.78, 5) is 21.4. The summed E-state index contributed by atoms with van der Waals surface area (Å²) in [5, 5.41) is 27.3. The van der Waals surface area contributed by atoms with Crippen LogP contribution >= 0.6 is 0 Å². The lowest BCUT2D eigenvalue weighted by Gasteiger charge is -2.09. The van der Waals surface area contributed by atoms with Crippen molar-refractivity contribution in [3.8, 4) is 5.69 Å².